The normalized spacial score (nSPS) is 19.8. The largest absolute Gasteiger partial charge is 0.424 e. The van der Waals surface area contributed by atoms with Gasteiger partial charge in [0.15, 0.2) is 5.75 Å². The average molecular weight is 260 g/mol. The Bertz CT molecular complexity index is 403. The number of nitrogens with one attached hydrogen (secondary N) is 1. The van der Waals surface area contributed by atoms with Gasteiger partial charge in [0.1, 0.15) is 11.1 Å². The van der Waals surface area contributed by atoms with Gasteiger partial charge in [0.05, 0.1) is 5.02 Å². The number of esters is 1. The first kappa shape index (κ1) is 11.7. The van der Waals surface area contributed by atoms with Crippen molar-refractivity contribution in [2.24, 2.45) is 0 Å². The molecule has 1 atom stereocenters. The third kappa shape index (κ3) is 2.48. The van der Waals surface area contributed by atoms with Crippen LogP contribution >= 0.6 is 23.2 Å². The molecule has 1 aliphatic heterocycles. The summed E-state index contributed by atoms with van der Waals surface area (Å²) < 4.78 is 5.19. The van der Waals surface area contributed by atoms with E-state index in [0.717, 1.165) is 19.4 Å². The van der Waals surface area contributed by atoms with Crippen molar-refractivity contribution in [2.45, 2.75) is 18.9 Å². The van der Waals surface area contributed by atoms with Gasteiger partial charge in [0.25, 0.3) is 0 Å². The smallest absolute Gasteiger partial charge is 0.328 e. The molecule has 16 heavy (non-hydrogen) atoms. The van der Waals surface area contributed by atoms with Crippen LogP contribution in [0, 0.1) is 0 Å². The van der Waals surface area contributed by atoms with E-state index in [2.05, 4.69) is 5.32 Å². The molecule has 0 spiro atoms. The Morgan fingerprint density at radius 1 is 1.44 bits per heavy atom. The van der Waals surface area contributed by atoms with Crippen molar-refractivity contribution in [2.75, 3.05) is 6.54 Å². The number of carbonyl (C=O) groups excluding carboxylic acids is 1. The highest BCUT2D eigenvalue weighted by molar-refractivity contribution is 6.43. The maximum absolute atomic E-state index is 11.7. The third-order valence-corrected chi connectivity index (χ3v) is 3.27. The SMILES string of the molecule is O=C(Oc1cccc(Cl)c1Cl)C1CCCN1. The maximum atomic E-state index is 11.7. The highest BCUT2D eigenvalue weighted by Crippen LogP contribution is 2.31. The van der Waals surface area contributed by atoms with Gasteiger partial charge in [0, 0.05) is 0 Å². The van der Waals surface area contributed by atoms with Crippen molar-refractivity contribution >= 4 is 29.2 Å². The summed E-state index contributed by atoms with van der Waals surface area (Å²) in [6.45, 7) is 0.850. The highest BCUT2D eigenvalue weighted by Gasteiger charge is 2.24. The van der Waals surface area contributed by atoms with Crippen LogP contribution in [0.15, 0.2) is 18.2 Å². The summed E-state index contributed by atoms with van der Waals surface area (Å²) in [6, 6.07) is 4.74. The van der Waals surface area contributed by atoms with Crippen molar-refractivity contribution in [3.8, 4) is 5.75 Å². The van der Waals surface area contributed by atoms with Crippen LogP contribution in [-0.2, 0) is 4.79 Å². The van der Waals surface area contributed by atoms with Crippen LogP contribution in [0.2, 0.25) is 10.0 Å². The molecule has 0 radical (unpaired) electrons. The maximum Gasteiger partial charge on any atom is 0.328 e. The minimum absolute atomic E-state index is 0.227. The molecule has 1 unspecified atom stereocenters. The number of halogens is 2. The van der Waals surface area contributed by atoms with E-state index in [1.165, 1.54) is 0 Å². The highest BCUT2D eigenvalue weighted by atomic mass is 35.5. The van der Waals surface area contributed by atoms with Crippen LogP contribution < -0.4 is 10.1 Å². The molecule has 0 aliphatic carbocycles. The van der Waals surface area contributed by atoms with Crippen molar-refractivity contribution in [1.29, 1.82) is 0 Å². The van der Waals surface area contributed by atoms with Gasteiger partial charge in [-0.3, -0.25) is 0 Å². The minimum Gasteiger partial charge on any atom is -0.424 e. The van der Waals surface area contributed by atoms with Crippen LogP contribution in [0.4, 0.5) is 0 Å². The minimum atomic E-state index is -0.304. The summed E-state index contributed by atoms with van der Waals surface area (Å²) in [6.07, 6.45) is 1.79. The zero-order valence-electron chi connectivity index (χ0n) is 8.50. The zero-order valence-corrected chi connectivity index (χ0v) is 10.0. The fourth-order valence-corrected chi connectivity index (χ4v) is 1.96. The van der Waals surface area contributed by atoms with Crippen molar-refractivity contribution in [3.63, 3.8) is 0 Å². The molecular formula is C11H11Cl2NO2. The molecule has 1 fully saturated rings. The topological polar surface area (TPSA) is 38.3 Å². The predicted octanol–water partition coefficient (Wildman–Crippen LogP) is 2.65. The average Bonchev–Trinajstić information content (AvgIpc) is 2.78. The molecule has 0 saturated carbocycles. The summed E-state index contributed by atoms with van der Waals surface area (Å²) in [4.78, 5) is 11.7. The standard InChI is InChI=1S/C11H11Cl2NO2/c12-7-3-1-5-9(10(7)13)16-11(15)8-4-2-6-14-8/h1,3,5,8,14H,2,4,6H2. The molecule has 1 heterocycles. The van der Waals surface area contributed by atoms with Gasteiger partial charge in [0.2, 0.25) is 0 Å². The molecule has 5 heteroatoms. The van der Waals surface area contributed by atoms with Gasteiger partial charge in [-0.05, 0) is 31.5 Å². The van der Waals surface area contributed by atoms with E-state index in [-0.39, 0.29) is 17.0 Å². The lowest BCUT2D eigenvalue weighted by molar-refractivity contribution is -0.136. The van der Waals surface area contributed by atoms with Gasteiger partial charge in [-0.25, -0.2) is 4.79 Å². The number of benzene rings is 1. The molecule has 3 nitrogen and oxygen atoms in total. The number of hydrogen-bond acceptors (Lipinski definition) is 3. The van der Waals surface area contributed by atoms with Crippen LogP contribution in [-0.4, -0.2) is 18.6 Å². The molecule has 2 rings (SSSR count). The molecule has 1 saturated heterocycles. The fourth-order valence-electron chi connectivity index (χ4n) is 1.63. The molecule has 0 bridgehead atoms. The van der Waals surface area contributed by atoms with Gasteiger partial charge < -0.3 is 10.1 Å². The molecule has 86 valence electrons. The lowest BCUT2D eigenvalue weighted by atomic mass is 10.2. The van der Waals surface area contributed by atoms with Crippen LogP contribution in [0.5, 0.6) is 5.75 Å². The Kier molecular flexibility index (Phi) is 3.69. The number of rotatable bonds is 2. The summed E-state index contributed by atoms with van der Waals surface area (Å²) >= 11 is 11.7. The van der Waals surface area contributed by atoms with E-state index in [1.54, 1.807) is 18.2 Å². The van der Waals surface area contributed by atoms with Crippen LogP contribution in [0.25, 0.3) is 0 Å². The zero-order chi connectivity index (χ0) is 11.5. The van der Waals surface area contributed by atoms with Crippen molar-refractivity contribution < 1.29 is 9.53 Å². The second-order valence-electron chi connectivity index (χ2n) is 3.62. The Morgan fingerprint density at radius 2 is 2.25 bits per heavy atom. The van der Waals surface area contributed by atoms with Crippen molar-refractivity contribution in [1.82, 2.24) is 5.32 Å². The molecule has 1 aromatic carbocycles. The number of ether oxygens (including phenoxy) is 1. The molecule has 1 N–H and O–H groups in total. The van der Waals surface area contributed by atoms with E-state index in [9.17, 15) is 4.79 Å². The van der Waals surface area contributed by atoms with Crippen LogP contribution in [0.3, 0.4) is 0 Å². The lowest BCUT2D eigenvalue weighted by Crippen LogP contribution is -2.34. The van der Waals surface area contributed by atoms with Gasteiger partial charge in [-0.2, -0.15) is 0 Å². The van der Waals surface area contributed by atoms with Crippen molar-refractivity contribution in [3.05, 3.63) is 28.2 Å². The molecule has 1 aromatic rings. The van der Waals surface area contributed by atoms with Gasteiger partial charge in [-0.1, -0.05) is 29.3 Å². The van der Waals surface area contributed by atoms with E-state index >= 15 is 0 Å². The Hall–Kier alpha value is -0.770. The first-order valence-electron chi connectivity index (χ1n) is 5.07. The molecule has 0 amide bonds. The van der Waals surface area contributed by atoms with E-state index in [0.29, 0.717) is 10.8 Å². The third-order valence-electron chi connectivity index (χ3n) is 2.47. The van der Waals surface area contributed by atoms with Gasteiger partial charge >= 0.3 is 5.97 Å². The van der Waals surface area contributed by atoms with E-state index < -0.39 is 0 Å². The Balaban J connectivity index is 2.08. The monoisotopic (exact) mass is 259 g/mol. The lowest BCUT2D eigenvalue weighted by Gasteiger charge is -2.11. The molecule has 1 aliphatic rings. The Morgan fingerprint density at radius 3 is 2.94 bits per heavy atom. The summed E-state index contributed by atoms with van der Waals surface area (Å²) in [5.41, 5.74) is 0. The summed E-state index contributed by atoms with van der Waals surface area (Å²) in [5.74, 6) is 0.00883. The fraction of sp³-hybridized carbons (Fsp3) is 0.364. The first-order valence-corrected chi connectivity index (χ1v) is 5.83. The van der Waals surface area contributed by atoms with Gasteiger partial charge in [-0.15, -0.1) is 0 Å². The number of hydrogen-bond donors (Lipinski definition) is 1. The summed E-state index contributed by atoms with van der Waals surface area (Å²) in [7, 11) is 0. The first-order chi connectivity index (χ1) is 7.68. The number of carbonyl (C=O) groups is 1. The summed E-state index contributed by atoms with van der Waals surface area (Å²) in [5, 5.41) is 3.71. The Labute approximate surface area is 104 Å². The van der Waals surface area contributed by atoms with Crippen LogP contribution in [0.1, 0.15) is 12.8 Å². The predicted molar refractivity (Wildman–Crippen MR) is 63.1 cm³/mol. The second kappa shape index (κ2) is 5.04. The second-order valence-corrected chi connectivity index (χ2v) is 4.41. The molecular weight excluding hydrogens is 249 g/mol. The molecule has 0 aromatic heterocycles. The van der Waals surface area contributed by atoms with E-state index in [4.69, 9.17) is 27.9 Å². The van der Waals surface area contributed by atoms with E-state index in [1.807, 2.05) is 0 Å². The quantitative estimate of drug-likeness (QED) is 0.656.